The van der Waals surface area contributed by atoms with Crippen molar-refractivity contribution in [2.45, 2.75) is 56.9 Å². The van der Waals surface area contributed by atoms with Crippen molar-refractivity contribution in [2.24, 2.45) is 0 Å². The van der Waals surface area contributed by atoms with Crippen LogP contribution in [0.25, 0.3) is 0 Å². The molecule has 1 N–H and O–H groups in total. The Bertz CT molecular complexity index is 2140. The topological polar surface area (TPSA) is 110 Å². The van der Waals surface area contributed by atoms with E-state index in [1.165, 1.54) is 4.57 Å². The van der Waals surface area contributed by atoms with Crippen LogP contribution in [-0.4, -0.2) is 53.1 Å². The highest BCUT2D eigenvalue weighted by molar-refractivity contribution is 6.03. The molecular formula is C46H45N3O7. The van der Waals surface area contributed by atoms with Gasteiger partial charge in [0.25, 0.3) is 5.91 Å². The Morgan fingerprint density at radius 1 is 0.607 bits per heavy atom. The minimum absolute atomic E-state index is 0.0620. The number of carbonyl (C=O) groups is 1. The monoisotopic (exact) mass is 751 g/mol. The van der Waals surface area contributed by atoms with E-state index in [0.717, 1.165) is 22.3 Å². The maximum atomic E-state index is 14.0. The molecule has 7 rings (SSSR count). The van der Waals surface area contributed by atoms with Gasteiger partial charge in [0, 0.05) is 11.8 Å². The summed E-state index contributed by atoms with van der Waals surface area (Å²) < 4.78 is 35.0. The molecule has 10 heteroatoms. The summed E-state index contributed by atoms with van der Waals surface area (Å²) in [5.41, 5.74) is 3.79. The van der Waals surface area contributed by atoms with E-state index in [1.54, 1.807) is 36.5 Å². The van der Waals surface area contributed by atoms with E-state index in [0.29, 0.717) is 12.2 Å². The summed E-state index contributed by atoms with van der Waals surface area (Å²) in [4.78, 5) is 31.2. The van der Waals surface area contributed by atoms with Crippen LogP contribution in [0.2, 0.25) is 0 Å². The molecule has 0 spiro atoms. The lowest BCUT2D eigenvalue weighted by molar-refractivity contribution is -0.180. The van der Waals surface area contributed by atoms with Crippen LogP contribution in [0.5, 0.6) is 0 Å². The molecule has 5 aromatic carbocycles. The number of hydrogen-bond acceptors (Lipinski definition) is 8. The van der Waals surface area contributed by atoms with E-state index in [2.05, 4.69) is 10.3 Å². The summed E-state index contributed by atoms with van der Waals surface area (Å²) in [5, 5.41) is 2.74. The molecular weight excluding hydrogens is 707 g/mol. The number of anilines is 1. The van der Waals surface area contributed by atoms with Crippen molar-refractivity contribution < 1.29 is 28.5 Å². The molecule has 6 aromatic rings. The predicted molar refractivity (Wildman–Crippen MR) is 213 cm³/mol. The quantitative estimate of drug-likeness (QED) is 0.109. The maximum Gasteiger partial charge on any atom is 0.349 e. The van der Waals surface area contributed by atoms with Crippen LogP contribution >= 0.6 is 0 Å². The second kappa shape index (κ2) is 19.7. The Morgan fingerprint density at radius 3 is 1.59 bits per heavy atom. The van der Waals surface area contributed by atoms with Gasteiger partial charge in [-0.2, -0.15) is 4.98 Å². The average molecular weight is 752 g/mol. The van der Waals surface area contributed by atoms with Crippen LogP contribution in [0.3, 0.4) is 0 Å². The second-order valence-corrected chi connectivity index (χ2v) is 13.5. The second-order valence-electron chi connectivity index (χ2n) is 13.5. The molecule has 2 heterocycles. The van der Waals surface area contributed by atoms with Gasteiger partial charge in [0.1, 0.15) is 30.2 Å². The highest BCUT2D eigenvalue weighted by Crippen LogP contribution is 2.32. The number of nitrogens with one attached hydrogen (secondary N) is 1. The molecule has 1 aromatic heterocycles. The van der Waals surface area contributed by atoms with Crippen molar-refractivity contribution in [3.8, 4) is 0 Å². The Labute approximate surface area is 326 Å². The summed E-state index contributed by atoms with van der Waals surface area (Å²) in [5.74, 6) is -0.243. The fourth-order valence-electron chi connectivity index (χ4n) is 6.69. The van der Waals surface area contributed by atoms with Gasteiger partial charge in [0.2, 0.25) is 0 Å². The van der Waals surface area contributed by atoms with Crippen LogP contribution in [0.4, 0.5) is 5.82 Å². The van der Waals surface area contributed by atoms with Crippen molar-refractivity contribution in [3.05, 3.63) is 202 Å². The molecule has 5 atom stereocenters. The minimum atomic E-state index is -0.761. The summed E-state index contributed by atoms with van der Waals surface area (Å²) in [6.07, 6.45) is -1.19. The van der Waals surface area contributed by atoms with E-state index in [9.17, 15) is 9.59 Å². The Kier molecular flexibility index (Phi) is 13.6. The van der Waals surface area contributed by atoms with Gasteiger partial charge in [0.15, 0.2) is 0 Å². The van der Waals surface area contributed by atoms with Gasteiger partial charge in [-0.25, -0.2) is 4.79 Å². The normalized spacial score (nSPS) is 19.5. The molecule has 56 heavy (non-hydrogen) atoms. The Balaban J connectivity index is 1.25. The largest absolute Gasteiger partial charge is 0.374 e. The van der Waals surface area contributed by atoms with Crippen LogP contribution in [0.1, 0.15) is 38.7 Å². The van der Waals surface area contributed by atoms with Gasteiger partial charge < -0.3 is 29.0 Å². The lowest BCUT2D eigenvalue weighted by Crippen LogP contribution is -2.51. The highest BCUT2D eigenvalue weighted by atomic mass is 16.6. The van der Waals surface area contributed by atoms with Crippen molar-refractivity contribution in [1.82, 2.24) is 9.55 Å². The maximum absolute atomic E-state index is 14.0. The first-order valence-corrected chi connectivity index (χ1v) is 18.8. The zero-order valence-corrected chi connectivity index (χ0v) is 31.0. The smallest absolute Gasteiger partial charge is 0.349 e. The first-order valence-electron chi connectivity index (χ1n) is 18.8. The number of ether oxygens (including phenoxy) is 5. The molecule has 1 saturated heterocycles. The number of benzene rings is 5. The number of hydrogen-bond donors (Lipinski definition) is 1. The lowest BCUT2D eigenvalue weighted by atomic mass is 9.98. The molecule has 0 saturated carbocycles. The molecule has 0 unspecified atom stereocenters. The molecule has 1 aliphatic heterocycles. The molecule has 1 amide bonds. The first-order chi connectivity index (χ1) is 27.6. The molecule has 286 valence electrons. The standard InChI is InChI=1S/C46H45N3O7/c50-45(38-24-14-5-15-25-38)47-41-26-27-49(46(51)48-41)39-32-53-40(33-52-28-34-16-6-1-7-17-34)43(55-30-36-20-10-3-11-21-36)44(56-31-37-22-12-4-13-23-37)42(39)54-29-35-18-8-2-9-19-35/h1-27,39-40,42-44H,28-33H2,(H,47,48,50,51)/t39-,40-,42+,43-,44-/m1/s1. The Hall–Kier alpha value is -5.75. The zero-order valence-electron chi connectivity index (χ0n) is 31.0. The summed E-state index contributed by atoms with van der Waals surface area (Å²) in [7, 11) is 0. The number of rotatable bonds is 16. The third-order valence-corrected chi connectivity index (χ3v) is 9.59. The third kappa shape index (κ3) is 10.5. The van der Waals surface area contributed by atoms with Crippen LogP contribution in [-0.2, 0) is 50.1 Å². The lowest BCUT2D eigenvalue weighted by Gasteiger charge is -2.36. The number of nitrogens with zero attached hydrogens (tertiary/aromatic N) is 2. The van der Waals surface area contributed by atoms with E-state index in [4.69, 9.17) is 23.7 Å². The van der Waals surface area contributed by atoms with Gasteiger partial charge in [-0.05, 0) is 40.5 Å². The third-order valence-electron chi connectivity index (χ3n) is 9.59. The fraction of sp³-hybridized carbons (Fsp3) is 0.239. The molecule has 0 radical (unpaired) electrons. The predicted octanol–water partition coefficient (Wildman–Crippen LogP) is 7.41. The SMILES string of the molecule is O=C(Nc1ccn([C@@H]2CO[C@H](COCc3ccccc3)[C@@H](OCc3ccccc3)[C@H](OCc3ccccc3)[C@H]2OCc2ccccc2)c(=O)n1)c1ccccc1. The summed E-state index contributed by atoms with van der Waals surface area (Å²) in [6, 6.07) is 49.3. The number of aromatic nitrogens is 2. The first kappa shape index (κ1) is 38.5. The summed E-state index contributed by atoms with van der Waals surface area (Å²) >= 11 is 0. The van der Waals surface area contributed by atoms with Crippen molar-refractivity contribution in [3.63, 3.8) is 0 Å². The fourth-order valence-corrected chi connectivity index (χ4v) is 6.69. The average Bonchev–Trinajstić information content (AvgIpc) is 3.39. The number of carbonyl (C=O) groups excluding carboxylic acids is 1. The van der Waals surface area contributed by atoms with Crippen molar-refractivity contribution in [1.29, 1.82) is 0 Å². The van der Waals surface area contributed by atoms with Crippen LogP contribution < -0.4 is 11.0 Å². The molecule has 0 bridgehead atoms. The van der Waals surface area contributed by atoms with Gasteiger partial charge in [0.05, 0.1) is 45.7 Å². The van der Waals surface area contributed by atoms with Crippen molar-refractivity contribution >= 4 is 11.7 Å². The summed E-state index contributed by atoms with van der Waals surface area (Å²) in [6.45, 7) is 1.40. The molecule has 1 fully saturated rings. The molecule has 10 nitrogen and oxygen atoms in total. The Morgan fingerprint density at radius 2 is 1.07 bits per heavy atom. The molecule has 1 aliphatic rings. The van der Waals surface area contributed by atoms with E-state index in [-0.39, 0.29) is 44.8 Å². The minimum Gasteiger partial charge on any atom is -0.374 e. The van der Waals surface area contributed by atoms with Crippen LogP contribution in [0.15, 0.2) is 169 Å². The van der Waals surface area contributed by atoms with E-state index >= 15 is 0 Å². The highest BCUT2D eigenvalue weighted by Gasteiger charge is 2.46. The van der Waals surface area contributed by atoms with Gasteiger partial charge in [-0.3, -0.25) is 9.36 Å². The van der Waals surface area contributed by atoms with E-state index < -0.39 is 36.1 Å². The zero-order chi connectivity index (χ0) is 38.4. The van der Waals surface area contributed by atoms with Gasteiger partial charge in [-0.15, -0.1) is 0 Å². The van der Waals surface area contributed by atoms with Gasteiger partial charge in [-0.1, -0.05) is 140 Å². The van der Waals surface area contributed by atoms with Gasteiger partial charge >= 0.3 is 5.69 Å². The van der Waals surface area contributed by atoms with Crippen molar-refractivity contribution in [2.75, 3.05) is 18.5 Å². The molecule has 0 aliphatic carbocycles. The van der Waals surface area contributed by atoms with E-state index in [1.807, 2.05) is 127 Å². The number of amides is 1. The van der Waals surface area contributed by atoms with Crippen LogP contribution in [0, 0.1) is 0 Å².